The Bertz CT molecular complexity index is 284. The van der Waals surface area contributed by atoms with E-state index in [0.29, 0.717) is 12.3 Å². The van der Waals surface area contributed by atoms with Crippen LogP contribution in [0.5, 0.6) is 5.75 Å². The van der Waals surface area contributed by atoms with Crippen LogP contribution >= 0.6 is 0 Å². The van der Waals surface area contributed by atoms with Gasteiger partial charge in [-0.1, -0.05) is 0 Å². The summed E-state index contributed by atoms with van der Waals surface area (Å²) >= 11 is 0. The topological polar surface area (TPSA) is 36.2 Å². The highest BCUT2D eigenvalue weighted by atomic mass is 16.5. The largest absolute Gasteiger partial charge is 0.618 e. The van der Waals surface area contributed by atoms with Gasteiger partial charge in [-0.25, -0.2) is 0 Å². The van der Waals surface area contributed by atoms with Crippen molar-refractivity contribution < 1.29 is 9.47 Å². The molecule has 0 amide bonds. The molecule has 3 nitrogen and oxygen atoms in total. The average Bonchev–Trinajstić information content (AvgIpc) is 2.07. The predicted molar refractivity (Wildman–Crippen MR) is 46.0 cm³/mol. The predicted octanol–water partition coefficient (Wildman–Crippen LogP) is 1.34. The van der Waals surface area contributed by atoms with Gasteiger partial charge in [0.1, 0.15) is 5.75 Å². The molecule has 66 valence electrons. The lowest BCUT2D eigenvalue weighted by atomic mass is 10.2. The smallest absolute Gasteiger partial charge is 0.196 e. The summed E-state index contributed by atoms with van der Waals surface area (Å²) in [6.07, 6.45) is 1.47. The first-order chi connectivity index (χ1) is 5.66. The molecular weight excluding hydrogens is 154 g/mol. The van der Waals surface area contributed by atoms with Crippen molar-refractivity contribution in [2.75, 3.05) is 6.61 Å². The Balaban J connectivity index is 3.08. The van der Waals surface area contributed by atoms with Gasteiger partial charge < -0.3 is 9.94 Å². The molecule has 1 aromatic rings. The van der Waals surface area contributed by atoms with E-state index >= 15 is 0 Å². The van der Waals surface area contributed by atoms with Crippen LogP contribution in [0.15, 0.2) is 12.3 Å². The van der Waals surface area contributed by atoms with Crippen LogP contribution in [-0.2, 0) is 0 Å². The van der Waals surface area contributed by atoms with Gasteiger partial charge >= 0.3 is 0 Å². The van der Waals surface area contributed by atoms with E-state index in [0.717, 1.165) is 16.0 Å². The second kappa shape index (κ2) is 3.43. The number of aromatic nitrogens is 1. The number of rotatable bonds is 2. The van der Waals surface area contributed by atoms with Gasteiger partial charge in [-0.3, -0.25) is 0 Å². The Hall–Kier alpha value is -1.25. The second-order valence-corrected chi connectivity index (χ2v) is 2.65. The van der Waals surface area contributed by atoms with Gasteiger partial charge in [-0.15, -0.1) is 0 Å². The number of ether oxygens (including phenoxy) is 1. The molecule has 0 aliphatic heterocycles. The molecule has 0 fully saturated rings. The zero-order chi connectivity index (χ0) is 9.14. The highest BCUT2D eigenvalue weighted by Crippen LogP contribution is 2.17. The van der Waals surface area contributed by atoms with Crippen molar-refractivity contribution in [3.05, 3.63) is 28.7 Å². The molecule has 12 heavy (non-hydrogen) atoms. The summed E-state index contributed by atoms with van der Waals surface area (Å²) in [5.74, 6) is 0.794. The molecule has 0 aliphatic carbocycles. The van der Waals surface area contributed by atoms with Gasteiger partial charge in [-0.2, -0.15) is 4.73 Å². The van der Waals surface area contributed by atoms with Crippen LogP contribution in [-0.4, -0.2) is 6.61 Å². The summed E-state index contributed by atoms with van der Waals surface area (Å²) in [4.78, 5) is 0. The van der Waals surface area contributed by atoms with Crippen molar-refractivity contribution in [3.8, 4) is 5.75 Å². The van der Waals surface area contributed by atoms with Crippen molar-refractivity contribution in [1.82, 2.24) is 0 Å². The molecular formula is C9H13NO2. The summed E-state index contributed by atoms with van der Waals surface area (Å²) in [6.45, 7) is 6.22. The molecule has 3 heteroatoms. The van der Waals surface area contributed by atoms with Gasteiger partial charge in [0.2, 0.25) is 0 Å². The Kier molecular flexibility index (Phi) is 2.53. The Morgan fingerprint density at radius 3 is 2.75 bits per heavy atom. The first-order valence-electron chi connectivity index (χ1n) is 3.99. The highest BCUT2D eigenvalue weighted by molar-refractivity contribution is 5.31. The van der Waals surface area contributed by atoms with E-state index in [2.05, 4.69) is 0 Å². The molecule has 1 rings (SSSR count). The maximum Gasteiger partial charge on any atom is 0.196 e. The lowest BCUT2D eigenvalue weighted by Crippen LogP contribution is -2.30. The van der Waals surface area contributed by atoms with Crippen molar-refractivity contribution in [2.24, 2.45) is 0 Å². The number of nitrogens with zero attached hydrogens (tertiary/aromatic N) is 1. The lowest BCUT2D eigenvalue weighted by Gasteiger charge is -2.08. The van der Waals surface area contributed by atoms with E-state index in [4.69, 9.17) is 4.74 Å². The Morgan fingerprint density at radius 1 is 1.50 bits per heavy atom. The molecule has 0 aliphatic rings. The average molecular weight is 167 g/mol. The maximum atomic E-state index is 11.1. The van der Waals surface area contributed by atoms with Gasteiger partial charge in [0.05, 0.1) is 12.2 Å². The molecule has 1 heterocycles. The minimum absolute atomic E-state index is 0.628. The fourth-order valence-electron chi connectivity index (χ4n) is 1.03. The van der Waals surface area contributed by atoms with Crippen LogP contribution in [0.1, 0.15) is 18.2 Å². The van der Waals surface area contributed by atoms with E-state index < -0.39 is 0 Å². The minimum Gasteiger partial charge on any atom is -0.618 e. The van der Waals surface area contributed by atoms with Crippen LogP contribution in [0.2, 0.25) is 0 Å². The zero-order valence-electron chi connectivity index (χ0n) is 7.63. The summed E-state index contributed by atoms with van der Waals surface area (Å²) in [7, 11) is 0. The third-order valence-electron chi connectivity index (χ3n) is 1.90. The summed E-state index contributed by atoms with van der Waals surface area (Å²) < 4.78 is 6.17. The monoisotopic (exact) mass is 167 g/mol. The minimum atomic E-state index is 0.628. The molecule has 0 radical (unpaired) electrons. The van der Waals surface area contributed by atoms with Gasteiger partial charge in [0.25, 0.3) is 0 Å². The van der Waals surface area contributed by atoms with Crippen molar-refractivity contribution >= 4 is 0 Å². The van der Waals surface area contributed by atoms with E-state index in [9.17, 15) is 5.21 Å². The van der Waals surface area contributed by atoms with Gasteiger partial charge in [-0.05, 0) is 13.8 Å². The SMILES string of the molecule is CCOc1cc[n+]([O-])c(C)c1C. The fourth-order valence-corrected chi connectivity index (χ4v) is 1.03. The molecule has 0 N–H and O–H groups in total. The summed E-state index contributed by atoms with van der Waals surface area (Å²) in [5.41, 5.74) is 1.61. The van der Waals surface area contributed by atoms with E-state index in [1.165, 1.54) is 6.20 Å². The second-order valence-electron chi connectivity index (χ2n) is 2.65. The first-order valence-corrected chi connectivity index (χ1v) is 3.99. The number of hydrogen-bond donors (Lipinski definition) is 0. The van der Waals surface area contributed by atoms with E-state index in [1.807, 2.05) is 13.8 Å². The van der Waals surface area contributed by atoms with Crippen molar-refractivity contribution in [2.45, 2.75) is 20.8 Å². The van der Waals surface area contributed by atoms with Crippen molar-refractivity contribution in [1.29, 1.82) is 0 Å². The van der Waals surface area contributed by atoms with Gasteiger partial charge in [0.15, 0.2) is 11.9 Å². The van der Waals surface area contributed by atoms with Gasteiger partial charge in [0, 0.05) is 13.0 Å². The number of pyridine rings is 1. The van der Waals surface area contributed by atoms with E-state index in [1.54, 1.807) is 13.0 Å². The van der Waals surface area contributed by atoms with Crippen LogP contribution in [0.4, 0.5) is 0 Å². The molecule has 0 atom stereocenters. The zero-order valence-corrected chi connectivity index (χ0v) is 7.63. The van der Waals surface area contributed by atoms with Crippen LogP contribution in [0.25, 0.3) is 0 Å². The van der Waals surface area contributed by atoms with Crippen LogP contribution in [0, 0.1) is 19.1 Å². The standard InChI is InChI=1S/C9H13NO2/c1-4-12-9-5-6-10(11)8(3)7(9)2/h5-6H,4H2,1-3H3. The Labute approximate surface area is 72.2 Å². The Morgan fingerprint density at radius 2 is 2.17 bits per heavy atom. The molecule has 0 bridgehead atoms. The maximum absolute atomic E-state index is 11.1. The molecule has 0 saturated heterocycles. The quantitative estimate of drug-likeness (QED) is 0.492. The lowest BCUT2D eigenvalue weighted by molar-refractivity contribution is -0.612. The number of hydrogen-bond acceptors (Lipinski definition) is 2. The van der Waals surface area contributed by atoms with Crippen molar-refractivity contribution in [3.63, 3.8) is 0 Å². The molecule has 0 saturated carbocycles. The molecule has 0 spiro atoms. The third-order valence-corrected chi connectivity index (χ3v) is 1.90. The fraction of sp³-hybridized carbons (Fsp3) is 0.444. The summed E-state index contributed by atoms with van der Waals surface area (Å²) in [6, 6.07) is 1.69. The molecule has 0 unspecified atom stereocenters. The van der Waals surface area contributed by atoms with Crippen LogP contribution < -0.4 is 9.47 Å². The first kappa shape index (κ1) is 8.84. The van der Waals surface area contributed by atoms with Crippen LogP contribution in [0.3, 0.4) is 0 Å². The molecule has 0 aromatic carbocycles. The highest BCUT2D eigenvalue weighted by Gasteiger charge is 2.08. The third kappa shape index (κ3) is 1.49. The van der Waals surface area contributed by atoms with E-state index in [-0.39, 0.29) is 0 Å². The summed E-state index contributed by atoms with van der Waals surface area (Å²) in [5, 5.41) is 11.1. The molecule has 1 aromatic heterocycles. The normalized spacial score (nSPS) is 9.92.